The molecule has 1 unspecified atom stereocenters. The van der Waals surface area contributed by atoms with Crippen LogP contribution < -0.4 is 0 Å². The third-order valence-corrected chi connectivity index (χ3v) is 5.59. The van der Waals surface area contributed by atoms with Gasteiger partial charge in [0.25, 0.3) is 0 Å². The maximum absolute atomic E-state index is 12.5. The fourth-order valence-electron chi connectivity index (χ4n) is 3.10. The number of thioether (sulfide) groups is 1. The zero-order valence-electron chi connectivity index (χ0n) is 13.3. The number of hydrogen-bond acceptors (Lipinski definition) is 2. The van der Waals surface area contributed by atoms with Gasteiger partial charge >= 0.3 is 0 Å². The van der Waals surface area contributed by atoms with Gasteiger partial charge in [-0.05, 0) is 50.3 Å². The first-order valence-electron chi connectivity index (χ1n) is 7.55. The predicted octanol–water partition coefficient (Wildman–Crippen LogP) is 5.43. The Balaban J connectivity index is 2.33. The fraction of sp³-hybridized carbons (Fsp3) is 0.421. The number of rotatable bonds is 4. The van der Waals surface area contributed by atoms with Crippen molar-refractivity contribution >= 4 is 17.5 Å². The zero-order chi connectivity index (χ0) is 15.5. The number of ketones is 1. The molecule has 0 radical (unpaired) electrons. The molecular weight excluding hydrogens is 276 g/mol. The molecular formula is C19H24OS. The third-order valence-electron chi connectivity index (χ3n) is 4.17. The molecule has 0 heterocycles. The van der Waals surface area contributed by atoms with E-state index >= 15 is 0 Å². The second-order valence-electron chi connectivity index (χ2n) is 6.26. The maximum Gasteiger partial charge on any atom is 0.182 e. The summed E-state index contributed by atoms with van der Waals surface area (Å²) in [5.41, 5.74) is 2.25. The summed E-state index contributed by atoms with van der Waals surface area (Å²) in [6, 6.07) is 10.5. The van der Waals surface area contributed by atoms with Crippen LogP contribution in [0.15, 0.2) is 58.5 Å². The Morgan fingerprint density at radius 2 is 1.95 bits per heavy atom. The largest absolute Gasteiger partial charge is 0.290 e. The molecule has 2 heteroatoms. The van der Waals surface area contributed by atoms with Crippen molar-refractivity contribution in [1.29, 1.82) is 0 Å². The lowest BCUT2D eigenvalue weighted by molar-refractivity contribution is -0.112. The Morgan fingerprint density at radius 3 is 2.57 bits per heavy atom. The lowest BCUT2D eigenvalue weighted by atomic mass is 9.71. The van der Waals surface area contributed by atoms with Crippen LogP contribution in [-0.4, -0.2) is 11.0 Å². The van der Waals surface area contributed by atoms with Gasteiger partial charge in [-0.2, -0.15) is 0 Å². The molecule has 112 valence electrons. The topological polar surface area (TPSA) is 17.1 Å². The maximum atomic E-state index is 12.5. The highest BCUT2D eigenvalue weighted by Gasteiger charge is 2.36. The molecule has 1 atom stereocenters. The summed E-state index contributed by atoms with van der Waals surface area (Å²) in [5.74, 6) is 0.179. The number of carbonyl (C=O) groups is 1. The van der Waals surface area contributed by atoms with Crippen molar-refractivity contribution in [2.75, 3.05) is 0 Å². The first-order chi connectivity index (χ1) is 9.95. The number of carbonyl (C=O) groups excluding carboxylic acids is 1. The van der Waals surface area contributed by atoms with Gasteiger partial charge in [0.05, 0.1) is 0 Å². The molecule has 1 nitrogen and oxygen atoms in total. The molecule has 1 aromatic carbocycles. The van der Waals surface area contributed by atoms with Crippen molar-refractivity contribution in [3.8, 4) is 0 Å². The van der Waals surface area contributed by atoms with E-state index < -0.39 is 0 Å². The van der Waals surface area contributed by atoms with Crippen LogP contribution in [0.2, 0.25) is 0 Å². The van der Waals surface area contributed by atoms with E-state index in [1.165, 1.54) is 10.5 Å². The average molecular weight is 300 g/mol. The summed E-state index contributed by atoms with van der Waals surface area (Å²) in [4.78, 5) is 13.7. The van der Waals surface area contributed by atoms with Crippen LogP contribution in [0, 0.1) is 5.41 Å². The SMILES string of the molecule is C/C=C/C(=O)C1=C(C)C(Sc2ccccc2)CCC1(C)C. The van der Waals surface area contributed by atoms with Gasteiger partial charge in [-0.1, -0.05) is 43.7 Å². The molecule has 0 bridgehead atoms. The second kappa shape index (κ2) is 6.65. The van der Waals surface area contributed by atoms with Crippen molar-refractivity contribution in [3.05, 3.63) is 53.6 Å². The van der Waals surface area contributed by atoms with E-state index in [0.29, 0.717) is 5.25 Å². The van der Waals surface area contributed by atoms with Crippen molar-refractivity contribution in [2.24, 2.45) is 5.41 Å². The number of allylic oxidation sites excluding steroid dienone is 3. The quantitative estimate of drug-likeness (QED) is 0.690. The molecule has 0 saturated carbocycles. The van der Waals surface area contributed by atoms with Gasteiger partial charge in [0.15, 0.2) is 5.78 Å². The van der Waals surface area contributed by atoms with Crippen LogP contribution in [0.25, 0.3) is 0 Å². The third kappa shape index (κ3) is 3.68. The van der Waals surface area contributed by atoms with Gasteiger partial charge in [-0.3, -0.25) is 4.79 Å². The molecule has 1 aliphatic rings. The summed E-state index contributed by atoms with van der Waals surface area (Å²) in [6.45, 7) is 8.42. The smallest absolute Gasteiger partial charge is 0.182 e. The molecule has 0 fully saturated rings. The Morgan fingerprint density at radius 1 is 1.29 bits per heavy atom. The summed E-state index contributed by atoms with van der Waals surface area (Å²) >= 11 is 1.88. The Bertz CT molecular complexity index is 566. The first-order valence-corrected chi connectivity index (χ1v) is 8.43. The summed E-state index contributed by atoms with van der Waals surface area (Å²) in [6.07, 6.45) is 5.74. The fourth-order valence-corrected chi connectivity index (χ4v) is 4.27. The van der Waals surface area contributed by atoms with E-state index in [0.717, 1.165) is 18.4 Å². The summed E-state index contributed by atoms with van der Waals surface area (Å²) in [5, 5.41) is 0.407. The van der Waals surface area contributed by atoms with Gasteiger partial charge in [-0.15, -0.1) is 11.8 Å². The number of benzene rings is 1. The molecule has 1 aromatic rings. The van der Waals surface area contributed by atoms with Crippen LogP contribution in [0.3, 0.4) is 0 Å². The predicted molar refractivity (Wildman–Crippen MR) is 91.6 cm³/mol. The molecule has 0 amide bonds. The molecule has 1 aliphatic carbocycles. The highest BCUT2D eigenvalue weighted by atomic mass is 32.2. The van der Waals surface area contributed by atoms with Crippen molar-refractivity contribution in [1.82, 2.24) is 0 Å². The lowest BCUT2D eigenvalue weighted by Crippen LogP contribution is -2.30. The van der Waals surface area contributed by atoms with E-state index in [-0.39, 0.29) is 11.2 Å². The Kier molecular flexibility index (Phi) is 5.10. The van der Waals surface area contributed by atoms with E-state index in [9.17, 15) is 4.79 Å². The highest BCUT2D eigenvalue weighted by molar-refractivity contribution is 8.00. The van der Waals surface area contributed by atoms with Crippen molar-refractivity contribution < 1.29 is 4.79 Å². The first kappa shape index (κ1) is 16.1. The number of hydrogen-bond donors (Lipinski definition) is 0. The molecule has 0 N–H and O–H groups in total. The van der Waals surface area contributed by atoms with Crippen molar-refractivity contribution in [3.63, 3.8) is 0 Å². The summed E-state index contributed by atoms with van der Waals surface area (Å²) in [7, 11) is 0. The van der Waals surface area contributed by atoms with Gasteiger partial charge in [0.1, 0.15) is 0 Å². The van der Waals surface area contributed by atoms with Crippen LogP contribution in [0.1, 0.15) is 40.5 Å². The Hall–Kier alpha value is -1.28. The normalized spacial score (nSPS) is 21.8. The minimum absolute atomic E-state index is 0.0194. The molecule has 0 aliphatic heterocycles. The summed E-state index contributed by atoms with van der Waals surface area (Å²) < 4.78 is 0. The second-order valence-corrected chi connectivity index (χ2v) is 7.54. The van der Waals surface area contributed by atoms with E-state index in [1.807, 2.05) is 30.8 Å². The highest BCUT2D eigenvalue weighted by Crippen LogP contribution is 2.45. The van der Waals surface area contributed by atoms with Crippen LogP contribution >= 0.6 is 11.8 Å². The molecule has 21 heavy (non-hydrogen) atoms. The Labute approximate surface area is 132 Å². The zero-order valence-corrected chi connectivity index (χ0v) is 14.2. The minimum atomic E-state index is -0.0194. The van der Waals surface area contributed by atoms with E-state index in [4.69, 9.17) is 0 Å². The van der Waals surface area contributed by atoms with Gasteiger partial charge in [-0.25, -0.2) is 0 Å². The van der Waals surface area contributed by atoms with Crippen LogP contribution in [0.5, 0.6) is 0 Å². The molecule has 0 saturated heterocycles. The molecule has 0 aromatic heterocycles. The monoisotopic (exact) mass is 300 g/mol. The lowest BCUT2D eigenvalue weighted by Gasteiger charge is -2.37. The molecule has 2 rings (SSSR count). The standard InChI is InChI=1S/C19H24OS/c1-5-9-16(20)18-14(2)17(12-13-19(18,3)4)21-15-10-7-6-8-11-15/h5-11,17H,12-13H2,1-4H3/b9-5+. The van der Waals surface area contributed by atoms with Crippen LogP contribution in [0.4, 0.5) is 0 Å². The minimum Gasteiger partial charge on any atom is -0.290 e. The van der Waals surface area contributed by atoms with Gasteiger partial charge < -0.3 is 0 Å². The van der Waals surface area contributed by atoms with Crippen LogP contribution in [-0.2, 0) is 4.79 Å². The van der Waals surface area contributed by atoms with Crippen molar-refractivity contribution in [2.45, 2.75) is 50.7 Å². The average Bonchev–Trinajstić information content (AvgIpc) is 2.43. The van der Waals surface area contributed by atoms with E-state index in [2.05, 4.69) is 45.0 Å². The van der Waals surface area contributed by atoms with E-state index in [1.54, 1.807) is 6.08 Å². The van der Waals surface area contributed by atoms with Gasteiger partial charge in [0.2, 0.25) is 0 Å². The molecule has 0 spiro atoms. The van der Waals surface area contributed by atoms with Gasteiger partial charge in [0, 0.05) is 15.7 Å².